The molecule has 1 fully saturated rings. The molecule has 1 aliphatic rings. The first-order chi connectivity index (χ1) is 12.7. The van der Waals surface area contributed by atoms with Gasteiger partial charge in [-0.1, -0.05) is 60.2 Å². The standard InChI is InChI=1S/C22H29N3O/c1-3-23-22(24-15-21(26)19-11-9-17(2)10-12-19)25-14-13-20(16-25)18-7-5-4-6-8-18/h4-12,20-21,26H,3,13-16H2,1-2H3,(H,23,24). The van der Waals surface area contributed by atoms with Crippen molar-refractivity contribution in [2.45, 2.75) is 32.3 Å². The second kappa shape index (κ2) is 8.86. The van der Waals surface area contributed by atoms with Crippen LogP contribution in [0.15, 0.2) is 59.6 Å². The molecule has 1 heterocycles. The Hall–Kier alpha value is -2.33. The van der Waals surface area contributed by atoms with Gasteiger partial charge < -0.3 is 15.3 Å². The van der Waals surface area contributed by atoms with Crippen LogP contribution in [0, 0.1) is 6.92 Å². The van der Waals surface area contributed by atoms with Gasteiger partial charge in [-0.05, 0) is 31.4 Å². The van der Waals surface area contributed by atoms with Gasteiger partial charge in [0.05, 0.1) is 12.6 Å². The molecule has 2 atom stereocenters. The summed E-state index contributed by atoms with van der Waals surface area (Å²) in [5, 5.41) is 13.8. The van der Waals surface area contributed by atoms with Crippen LogP contribution in [-0.2, 0) is 0 Å². The number of aliphatic hydroxyl groups excluding tert-OH is 1. The molecule has 0 spiro atoms. The lowest BCUT2D eigenvalue weighted by molar-refractivity contribution is 0.186. The molecular weight excluding hydrogens is 322 g/mol. The second-order valence-corrected chi connectivity index (χ2v) is 6.96. The first-order valence-corrected chi connectivity index (χ1v) is 9.50. The van der Waals surface area contributed by atoms with Crippen LogP contribution >= 0.6 is 0 Å². The number of aliphatic imine (C=N–C) groups is 1. The summed E-state index contributed by atoms with van der Waals surface area (Å²) < 4.78 is 0. The molecule has 1 saturated heterocycles. The number of aryl methyl sites for hydroxylation is 1. The van der Waals surface area contributed by atoms with Crippen LogP contribution < -0.4 is 5.32 Å². The largest absolute Gasteiger partial charge is 0.386 e. The zero-order chi connectivity index (χ0) is 18.4. The van der Waals surface area contributed by atoms with Crippen molar-refractivity contribution in [2.75, 3.05) is 26.2 Å². The quantitative estimate of drug-likeness (QED) is 0.640. The Kier molecular flexibility index (Phi) is 6.29. The maximum Gasteiger partial charge on any atom is 0.194 e. The van der Waals surface area contributed by atoms with E-state index in [9.17, 15) is 5.11 Å². The number of guanidine groups is 1. The van der Waals surface area contributed by atoms with Gasteiger partial charge in [0.1, 0.15) is 0 Å². The number of hydrogen-bond acceptors (Lipinski definition) is 2. The molecule has 0 saturated carbocycles. The molecule has 0 radical (unpaired) electrons. The van der Waals surface area contributed by atoms with Crippen molar-refractivity contribution in [2.24, 2.45) is 4.99 Å². The molecule has 2 unspecified atom stereocenters. The van der Waals surface area contributed by atoms with Crippen LogP contribution in [0.1, 0.15) is 42.1 Å². The zero-order valence-corrected chi connectivity index (χ0v) is 15.7. The highest BCUT2D eigenvalue weighted by atomic mass is 16.3. The lowest BCUT2D eigenvalue weighted by Gasteiger charge is -2.22. The first-order valence-electron chi connectivity index (χ1n) is 9.50. The van der Waals surface area contributed by atoms with E-state index in [-0.39, 0.29) is 0 Å². The zero-order valence-electron chi connectivity index (χ0n) is 15.7. The van der Waals surface area contributed by atoms with Crippen LogP contribution in [-0.4, -0.2) is 42.1 Å². The fourth-order valence-electron chi connectivity index (χ4n) is 3.44. The SMILES string of the molecule is CCNC(=NCC(O)c1ccc(C)cc1)N1CCC(c2ccccc2)C1. The van der Waals surface area contributed by atoms with Gasteiger partial charge in [0.2, 0.25) is 0 Å². The van der Waals surface area contributed by atoms with Crippen LogP contribution in [0.25, 0.3) is 0 Å². The van der Waals surface area contributed by atoms with E-state index < -0.39 is 6.10 Å². The number of nitrogens with zero attached hydrogens (tertiary/aromatic N) is 2. The van der Waals surface area contributed by atoms with E-state index in [1.165, 1.54) is 11.1 Å². The van der Waals surface area contributed by atoms with Gasteiger partial charge in [0, 0.05) is 25.6 Å². The maximum atomic E-state index is 10.4. The predicted molar refractivity (Wildman–Crippen MR) is 107 cm³/mol. The molecule has 0 amide bonds. The van der Waals surface area contributed by atoms with Crippen molar-refractivity contribution in [3.8, 4) is 0 Å². The third-order valence-corrected chi connectivity index (χ3v) is 4.97. The van der Waals surface area contributed by atoms with Gasteiger partial charge >= 0.3 is 0 Å². The highest BCUT2D eigenvalue weighted by Gasteiger charge is 2.26. The Morgan fingerprint density at radius 3 is 2.62 bits per heavy atom. The topological polar surface area (TPSA) is 47.9 Å². The second-order valence-electron chi connectivity index (χ2n) is 6.96. The predicted octanol–water partition coefficient (Wildman–Crippen LogP) is 3.48. The lowest BCUT2D eigenvalue weighted by Crippen LogP contribution is -2.40. The van der Waals surface area contributed by atoms with Gasteiger partial charge in [-0.2, -0.15) is 0 Å². The molecule has 3 rings (SSSR count). The smallest absolute Gasteiger partial charge is 0.194 e. The minimum absolute atomic E-state index is 0.373. The summed E-state index contributed by atoms with van der Waals surface area (Å²) in [5.41, 5.74) is 3.51. The van der Waals surface area contributed by atoms with Gasteiger partial charge in [-0.25, -0.2) is 0 Å². The van der Waals surface area contributed by atoms with Crippen molar-refractivity contribution in [1.29, 1.82) is 0 Å². The summed E-state index contributed by atoms with van der Waals surface area (Å²) in [7, 11) is 0. The Morgan fingerprint density at radius 2 is 1.92 bits per heavy atom. The molecule has 0 aliphatic carbocycles. The maximum absolute atomic E-state index is 10.4. The van der Waals surface area contributed by atoms with Crippen LogP contribution in [0.2, 0.25) is 0 Å². The summed E-state index contributed by atoms with van der Waals surface area (Å²) in [6, 6.07) is 18.7. The van der Waals surface area contributed by atoms with E-state index in [1.807, 2.05) is 31.2 Å². The van der Waals surface area contributed by atoms with E-state index >= 15 is 0 Å². The highest BCUT2D eigenvalue weighted by molar-refractivity contribution is 5.80. The first kappa shape index (κ1) is 18.5. The van der Waals surface area contributed by atoms with Crippen molar-refractivity contribution in [1.82, 2.24) is 10.2 Å². The van der Waals surface area contributed by atoms with E-state index in [4.69, 9.17) is 4.99 Å². The molecule has 2 aromatic rings. The number of aliphatic hydroxyl groups is 1. The molecule has 0 bridgehead atoms. The molecule has 1 aliphatic heterocycles. The Morgan fingerprint density at radius 1 is 1.19 bits per heavy atom. The number of hydrogen-bond donors (Lipinski definition) is 2. The molecule has 0 aromatic heterocycles. The third kappa shape index (κ3) is 4.64. The molecule has 4 heteroatoms. The normalized spacial score (nSPS) is 18.8. The average Bonchev–Trinajstić information content (AvgIpc) is 3.16. The van der Waals surface area contributed by atoms with Crippen LogP contribution in [0.5, 0.6) is 0 Å². The van der Waals surface area contributed by atoms with E-state index in [0.29, 0.717) is 12.5 Å². The number of nitrogens with one attached hydrogen (secondary N) is 1. The summed E-state index contributed by atoms with van der Waals surface area (Å²) >= 11 is 0. The minimum Gasteiger partial charge on any atom is -0.386 e. The summed E-state index contributed by atoms with van der Waals surface area (Å²) in [6.07, 6.45) is 0.561. The monoisotopic (exact) mass is 351 g/mol. The van der Waals surface area contributed by atoms with E-state index in [0.717, 1.165) is 37.6 Å². The fourth-order valence-corrected chi connectivity index (χ4v) is 3.44. The van der Waals surface area contributed by atoms with Gasteiger partial charge in [0.25, 0.3) is 0 Å². The Labute approximate surface area is 156 Å². The fraction of sp³-hybridized carbons (Fsp3) is 0.409. The highest BCUT2D eigenvalue weighted by Crippen LogP contribution is 2.27. The third-order valence-electron chi connectivity index (χ3n) is 4.97. The van der Waals surface area contributed by atoms with Crippen molar-refractivity contribution in [3.63, 3.8) is 0 Å². The van der Waals surface area contributed by atoms with E-state index in [1.54, 1.807) is 0 Å². The number of likely N-dealkylation sites (tertiary alicyclic amines) is 1. The average molecular weight is 351 g/mol. The Balaban J connectivity index is 1.65. The van der Waals surface area contributed by atoms with Crippen LogP contribution in [0.4, 0.5) is 0 Å². The number of rotatable bonds is 5. The molecule has 26 heavy (non-hydrogen) atoms. The summed E-state index contributed by atoms with van der Waals surface area (Å²) in [4.78, 5) is 7.01. The molecule has 138 valence electrons. The lowest BCUT2D eigenvalue weighted by atomic mass is 9.99. The van der Waals surface area contributed by atoms with Crippen LogP contribution in [0.3, 0.4) is 0 Å². The molecule has 2 N–H and O–H groups in total. The van der Waals surface area contributed by atoms with Gasteiger partial charge in [-0.15, -0.1) is 0 Å². The van der Waals surface area contributed by atoms with Crippen molar-refractivity contribution < 1.29 is 5.11 Å². The summed E-state index contributed by atoms with van der Waals surface area (Å²) in [5.74, 6) is 1.44. The van der Waals surface area contributed by atoms with Crippen molar-refractivity contribution >= 4 is 5.96 Å². The van der Waals surface area contributed by atoms with E-state index in [2.05, 4.69) is 47.5 Å². The molecule has 4 nitrogen and oxygen atoms in total. The molecular formula is C22H29N3O. The summed E-state index contributed by atoms with van der Waals surface area (Å²) in [6.45, 7) is 7.29. The van der Waals surface area contributed by atoms with Gasteiger partial charge in [-0.3, -0.25) is 4.99 Å². The Bertz CT molecular complexity index is 712. The number of benzene rings is 2. The molecule has 2 aromatic carbocycles. The minimum atomic E-state index is -0.572. The van der Waals surface area contributed by atoms with Crippen molar-refractivity contribution in [3.05, 3.63) is 71.3 Å². The van der Waals surface area contributed by atoms with Gasteiger partial charge in [0.15, 0.2) is 5.96 Å².